The molecule has 1 N–H and O–H groups in total. The number of para-hydroxylation sites is 1. The van der Waals surface area contributed by atoms with Crippen molar-refractivity contribution in [1.82, 2.24) is 14.8 Å². The fraction of sp³-hybridized carbons (Fsp3) is 0.400. The highest BCUT2D eigenvalue weighted by Gasteiger charge is 2.15. The molecule has 1 amide bonds. The first-order valence-electron chi connectivity index (χ1n) is 11.1. The molecular formula is C25H32N4O2S. The van der Waals surface area contributed by atoms with Crippen LogP contribution in [0.2, 0.25) is 0 Å². The van der Waals surface area contributed by atoms with Crippen LogP contribution < -0.4 is 10.1 Å². The van der Waals surface area contributed by atoms with Crippen molar-refractivity contribution in [2.24, 2.45) is 0 Å². The maximum absolute atomic E-state index is 12.7. The number of aryl methyl sites for hydroxylation is 4. The van der Waals surface area contributed by atoms with E-state index in [1.54, 1.807) is 0 Å². The standard InChI is InChI=1S/C25H32N4O2S/c1-6-19-10-9-11-20(7-2)24(19)26-23(30)16-32-25-28-27-22(29(25)8-3)15-31-21-14-17(4)12-13-18(21)5/h9-14H,6-8,15-16H2,1-5H3,(H,26,30). The zero-order valence-corrected chi connectivity index (χ0v) is 20.4. The first-order chi connectivity index (χ1) is 15.5. The normalized spacial score (nSPS) is 10.9. The molecule has 3 rings (SSSR count). The summed E-state index contributed by atoms with van der Waals surface area (Å²) in [6.45, 7) is 11.4. The number of nitrogens with one attached hydrogen (secondary N) is 1. The summed E-state index contributed by atoms with van der Waals surface area (Å²) in [6, 6.07) is 12.3. The second kappa shape index (κ2) is 11.2. The number of hydrogen-bond acceptors (Lipinski definition) is 5. The van der Waals surface area contributed by atoms with Gasteiger partial charge in [0.15, 0.2) is 11.0 Å². The quantitative estimate of drug-likeness (QED) is 0.420. The van der Waals surface area contributed by atoms with Gasteiger partial charge in [0.1, 0.15) is 12.4 Å². The van der Waals surface area contributed by atoms with E-state index in [-0.39, 0.29) is 11.7 Å². The fourth-order valence-corrected chi connectivity index (χ4v) is 4.39. The third-order valence-corrected chi connectivity index (χ3v) is 6.37. The highest BCUT2D eigenvalue weighted by atomic mass is 32.2. The number of carbonyl (C=O) groups excluding carboxylic acids is 1. The Labute approximate surface area is 194 Å². The van der Waals surface area contributed by atoms with Gasteiger partial charge in [-0.25, -0.2) is 0 Å². The van der Waals surface area contributed by atoms with E-state index in [4.69, 9.17) is 4.74 Å². The van der Waals surface area contributed by atoms with Gasteiger partial charge in [-0.15, -0.1) is 10.2 Å². The molecule has 2 aromatic carbocycles. The summed E-state index contributed by atoms with van der Waals surface area (Å²) in [4.78, 5) is 12.7. The first kappa shape index (κ1) is 23.9. The molecule has 0 saturated carbocycles. The van der Waals surface area contributed by atoms with Crippen molar-refractivity contribution in [2.45, 2.75) is 65.8 Å². The molecule has 6 nitrogen and oxygen atoms in total. The molecule has 0 unspecified atom stereocenters. The Balaban J connectivity index is 1.64. The number of ether oxygens (including phenoxy) is 1. The Hall–Kier alpha value is -2.80. The molecule has 0 atom stereocenters. The monoisotopic (exact) mass is 452 g/mol. The number of amides is 1. The summed E-state index contributed by atoms with van der Waals surface area (Å²) in [6.07, 6.45) is 1.76. The van der Waals surface area contributed by atoms with Crippen molar-refractivity contribution in [3.63, 3.8) is 0 Å². The zero-order chi connectivity index (χ0) is 23.1. The second-order valence-electron chi connectivity index (χ2n) is 7.70. The molecule has 170 valence electrons. The van der Waals surface area contributed by atoms with E-state index in [1.165, 1.54) is 11.8 Å². The molecule has 0 fully saturated rings. The lowest BCUT2D eigenvalue weighted by Gasteiger charge is -2.14. The summed E-state index contributed by atoms with van der Waals surface area (Å²) in [5.41, 5.74) is 5.50. The Morgan fingerprint density at radius 1 is 1.06 bits per heavy atom. The first-order valence-corrected chi connectivity index (χ1v) is 12.1. The Morgan fingerprint density at radius 3 is 2.44 bits per heavy atom. The Kier molecular flexibility index (Phi) is 8.33. The van der Waals surface area contributed by atoms with Crippen molar-refractivity contribution >= 4 is 23.4 Å². The molecule has 0 saturated heterocycles. The predicted octanol–water partition coefficient (Wildman–Crippen LogP) is 5.35. The maximum atomic E-state index is 12.7. The van der Waals surface area contributed by atoms with Crippen molar-refractivity contribution in [3.8, 4) is 5.75 Å². The van der Waals surface area contributed by atoms with Crippen LogP contribution in [0.15, 0.2) is 41.6 Å². The lowest BCUT2D eigenvalue weighted by atomic mass is 10.0. The number of nitrogens with zero attached hydrogens (tertiary/aromatic N) is 3. The van der Waals surface area contributed by atoms with E-state index in [0.717, 1.165) is 57.5 Å². The fourth-order valence-electron chi connectivity index (χ4n) is 3.56. The van der Waals surface area contributed by atoms with Crippen LogP contribution in [0.1, 0.15) is 48.8 Å². The van der Waals surface area contributed by atoms with Crippen LogP contribution in [-0.2, 0) is 30.8 Å². The van der Waals surface area contributed by atoms with Gasteiger partial charge >= 0.3 is 0 Å². The highest BCUT2D eigenvalue weighted by Crippen LogP contribution is 2.25. The van der Waals surface area contributed by atoms with Crippen LogP contribution in [0, 0.1) is 13.8 Å². The minimum absolute atomic E-state index is 0.0376. The summed E-state index contributed by atoms with van der Waals surface area (Å²) < 4.78 is 8.00. The SMILES string of the molecule is CCc1cccc(CC)c1NC(=O)CSc1nnc(COc2cc(C)ccc2C)n1CC. The van der Waals surface area contributed by atoms with Crippen LogP contribution in [0.25, 0.3) is 0 Å². The molecule has 0 bridgehead atoms. The predicted molar refractivity (Wildman–Crippen MR) is 130 cm³/mol. The number of aromatic nitrogens is 3. The minimum Gasteiger partial charge on any atom is -0.485 e. The van der Waals surface area contributed by atoms with E-state index in [0.29, 0.717) is 13.2 Å². The highest BCUT2D eigenvalue weighted by molar-refractivity contribution is 7.99. The smallest absolute Gasteiger partial charge is 0.234 e. The van der Waals surface area contributed by atoms with Gasteiger partial charge in [0.05, 0.1) is 5.75 Å². The van der Waals surface area contributed by atoms with Gasteiger partial charge in [0.25, 0.3) is 0 Å². The molecule has 32 heavy (non-hydrogen) atoms. The van der Waals surface area contributed by atoms with Crippen molar-refractivity contribution in [1.29, 1.82) is 0 Å². The zero-order valence-electron chi connectivity index (χ0n) is 19.6. The van der Waals surface area contributed by atoms with Gasteiger partial charge in [-0.3, -0.25) is 4.79 Å². The number of hydrogen-bond donors (Lipinski definition) is 1. The van der Waals surface area contributed by atoms with Crippen LogP contribution in [-0.4, -0.2) is 26.4 Å². The largest absolute Gasteiger partial charge is 0.485 e. The average molecular weight is 453 g/mol. The molecule has 1 aromatic heterocycles. The van der Waals surface area contributed by atoms with Gasteiger partial charge in [-0.1, -0.05) is 55.9 Å². The molecule has 0 spiro atoms. The van der Waals surface area contributed by atoms with Gasteiger partial charge in [0.2, 0.25) is 5.91 Å². The molecule has 3 aromatic rings. The number of rotatable bonds is 10. The lowest BCUT2D eigenvalue weighted by Crippen LogP contribution is -2.17. The topological polar surface area (TPSA) is 69.0 Å². The van der Waals surface area contributed by atoms with Crippen LogP contribution in [0.4, 0.5) is 5.69 Å². The number of benzene rings is 2. The minimum atomic E-state index is -0.0376. The molecule has 1 heterocycles. The van der Waals surface area contributed by atoms with Crippen LogP contribution >= 0.6 is 11.8 Å². The third kappa shape index (κ3) is 5.71. The second-order valence-corrected chi connectivity index (χ2v) is 8.64. The summed E-state index contributed by atoms with van der Waals surface area (Å²) in [5.74, 6) is 1.84. The van der Waals surface area contributed by atoms with E-state index >= 15 is 0 Å². The number of carbonyl (C=O) groups is 1. The summed E-state index contributed by atoms with van der Waals surface area (Å²) in [7, 11) is 0. The maximum Gasteiger partial charge on any atom is 0.234 e. The molecule has 0 radical (unpaired) electrons. The van der Waals surface area contributed by atoms with Crippen LogP contribution in [0.5, 0.6) is 5.75 Å². The third-order valence-electron chi connectivity index (χ3n) is 5.41. The average Bonchev–Trinajstić information content (AvgIpc) is 3.20. The van der Waals surface area contributed by atoms with Crippen LogP contribution in [0.3, 0.4) is 0 Å². The van der Waals surface area contributed by atoms with Crippen molar-refractivity contribution in [2.75, 3.05) is 11.1 Å². The van der Waals surface area contributed by atoms with Gasteiger partial charge in [-0.05, 0) is 61.9 Å². The molecule has 0 aliphatic heterocycles. The molecular weight excluding hydrogens is 420 g/mol. The summed E-state index contributed by atoms with van der Waals surface area (Å²) >= 11 is 1.40. The van der Waals surface area contributed by atoms with Gasteiger partial charge in [-0.2, -0.15) is 0 Å². The molecule has 7 heteroatoms. The van der Waals surface area contributed by atoms with E-state index < -0.39 is 0 Å². The Morgan fingerprint density at radius 2 is 1.78 bits per heavy atom. The number of thioether (sulfide) groups is 1. The summed E-state index contributed by atoms with van der Waals surface area (Å²) in [5, 5.41) is 12.4. The van der Waals surface area contributed by atoms with E-state index in [9.17, 15) is 4.79 Å². The lowest BCUT2D eigenvalue weighted by molar-refractivity contribution is -0.113. The van der Waals surface area contributed by atoms with E-state index in [1.807, 2.05) is 37.5 Å². The van der Waals surface area contributed by atoms with Gasteiger partial charge < -0.3 is 14.6 Å². The van der Waals surface area contributed by atoms with E-state index in [2.05, 4.69) is 53.6 Å². The molecule has 0 aliphatic carbocycles. The number of anilines is 1. The van der Waals surface area contributed by atoms with Gasteiger partial charge in [0, 0.05) is 12.2 Å². The Bertz CT molecular complexity index is 1060. The van der Waals surface area contributed by atoms with Crippen molar-refractivity contribution in [3.05, 3.63) is 64.5 Å². The van der Waals surface area contributed by atoms with Crippen molar-refractivity contribution < 1.29 is 9.53 Å². The molecule has 0 aliphatic rings.